The summed E-state index contributed by atoms with van der Waals surface area (Å²) in [5, 5.41) is 8.95. The number of hydrogen-bond donors (Lipinski definition) is 1. The van der Waals surface area contributed by atoms with Crippen molar-refractivity contribution in [3.05, 3.63) is 0 Å². The van der Waals surface area contributed by atoms with Crippen LogP contribution in [0.5, 0.6) is 0 Å². The van der Waals surface area contributed by atoms with Crippen LogP contribution in [-0.4, -0.2) is 59.5 Å². The number of carboxylic acid groups (broad SMARTS) is 1. The van der Waals surface area contributed by atoms with Crippen molar-refractivity contribution in [3.8, 4) is 0 Å². The monoisotopic (exact) mass is 212 g/mol. The zero-order valence-electron chi connectivity index (χ0n) is 9.06. The molecule has 2 rings (SSSR count). The zero-order chi connectivity index (χ0) is 11.2. The molecule has 1 atom stereocenters. The number of carboxylic acids is 1. The van der Waals surface area contributed by atoms with Gasteiger partial charge in [0.1, 0.15) is 0 Å². The molecule has 0 aliphatic carbocycles. The summed E-state index contributed by atoms with van der Waals surface area (Å²) in [6, 6.07) is -0.0811. The molecule has 0 aromatic rings. The van der Waals surface area contributed by atoms with Crippen molar-refractivity contribution in [1.29, 1.82) is 0 Å². The molecule has 1 N–H and O–H groups in total. The van der Waals surface area contributed by atoms with Gasteiger partial charge in [0.05, 0.1) is 11.5 Å². The first-order chi connectivity index (χ1) is 6.94. The van der Waals surface area contributed by atoms with Crippen LogP contribution in [-0.2, 0) is 9.59 Å². The summed E-state index contributed by atoms with van der Waals surface area (Å²) in [5.74, 6) is -0.639. The largest absolute Gasteiger partial charge is 0.481 e. The SMILES string of the molecule is CN1CCC(N2CC(C)(C(=O)O)C2)C1=O. The Balaban J connectivity index is 1.95. The highest BCUT2D eigenvalue weighted by Gasteiger charge is 2.50. The minimum absolute atomic E-state index is 0.0811. The Morgan fingerprint density at radius 2 is 2.13 bits per heavy atom. The fourth-order valence-corrected chi connectivity index (χ4v) is 2.35. The van der Waals surface area contributed by atoms with Crippen molar-refractivity contribution < 1.29 is 14.7 Å². The second-order valence-electron chi connectivity index (χ2n) is 4.84. The van der Waals surface area contributed by atoms with Gasteiger partial charge in [0, 0.05) is 26.7 Å². The van der Waals surface area contributed by atoms with Gasteiger partial charge in [-0.25, -0.2) is 0 Å². The maximum absolute atomic E-state index is 11.7. The first-order valence-electron chi connectivity index (χ1n) is 5.16. The minimum Gasteiger partial charge on any atom is -0.481 e. The molecule has 2 heterocycles. The number of nitrogens with zero attached hydrogens (tertiary/aromatic N) is 2. The van der Waals surface area contributed by atoms with Crippen molar-refractivity contribution in [1.82, 2.24) is 9.80 Å². The fraction of sp³-hybridized carbons (Fsp3) is 0.800. The van der Waals surface area contributed by atoms with Crippen LogP contribution < -0.4 is 0 Å². The third-order valence-corrected chi connectivity index (χ3v) is 3.46. The predicted molar refractivity (Wildman–Crippen MR) is 53.4 cm³/mol. The molecule has 2 aliphatic rings. The first-order valence-corrected chi connectivity index (χ1v) is 5.16. The van der Waals surface area contributed by atoms with Crippen LogP contribution in [0.3, 0.4) is 0 Å². The van der Waals surface area contributed by atoms with E-state index in [-0.39, 0.29) is 11.9 Å². The minimum atomic E-state index is -0.766. The molecule has 0 bridgehead atoms. The highest BCUT2D eigenvalue weighted by Crippen LogP contribution is 2.34. The van der Waals surface area contributed by atoms with Crippen molar-refractivity contribution in [3.63, 3.8) is 0 Å². The predicted octanol–water partition coefficient (Wildman–Crippen LogP) is -0.376. The molecular formula is C10H16N2O3. The number of carbonyl (C=O) groups excluding carboxylic acids is 1. The van der Waals surface area contributed by atoms with Gasteiger partial charge >= 0.3 is 5.97 Å². The summed E-state index contributed by atoms with van der Waals surface area (Å²) in [5.41, 5.74) is -0.651. The quantitative estimate of drug-likeness (QED) is 0.678. The number of likely N-dealkylation sites (tertiary alicyclic amines) is 2. The summed E-state index contributed by atoms with van der Waals surface area (Å²) in [7, 11) is 1.79. The molecule has 0 aromatic heterocycles. The number of likely N-dealkylation sites (N-methyl/N-ethyl adjacent to an activating group) is 1. The van der Waals surface area contributed by atoms with Crippen LogP contribution in [0.25, 0.3) is 0 Å². The lowest BCUT2D eigenvalue weighted by Gasteiger charge is -2.47. The Labute approximate surface area is 88.6 Å². The zero-order valence-corrected chi connectivity index (χ0v) is 9.06. The van der Waals surface area contributed by atoms with Gasteiger partial charge in [0.25, 0.3) is 0 Å². The smallest absolute Gasteiger partial charge is 0.311 e. The molecule has 0 spiro atoms. The van der Waals surface area contributed by atoms with Crippen LogP contribution >= 0.6 is 0 Å². The molecule has 5 heteroatoms. The third-order valence-electron chi connectivity index (χ3n) is 3.46. The van der Waals surface area contributed by atoms with Gasteiger partial charge in [-0.05, 0) is 13.3 Å². The van der Waals surface area contributed by atoms with Gasteiger partial charge in [0.2, 0.25) is 5.91 Å². The number of rotatable bonds is 2. The molecule has 2 saturated heterocycles. The van der Waals surface area contributed by atoms with E-state index >= 15 is 0 Å². The average molecular weight is 212 g/mol. The molecular weight excluding hydrogens is 196 g/mol. The third kappa shape index (κ3) is 1.51. The van der Waals surface area contributed by atoms with Crippen LogP contribution in [0, 0.1) is 5.41 Å². The number of amides is 1. The number of aliphatic carboxylic acids is 1. The summed E-state index contributed by atoms with van der Waals surface area (Å²) < 4.78 is 0. The van der Waals surface area contributed by atoms with Gasteiger partial charge in [-0.2, -0.15) is 0 Å². The van der Waals surface area contributed by atoms with Gasteiger partial charge < -0.3 is 10.0 Å². The van der Waals surface area contributed by atoms with Crippen LogP contribution in [0.1, 0.15) is 13.3 Å². The van der Waals surface area contributed by atoms with Gasteiger partial charge in [-0.15, -0.1) is 0 Å². The van der Waals surface area contributed by atoms with E-state index in [1.165, 1.54) is 0 Å². The van der Waals surface area contributed by atoms with Crippen LogP contribution in [0.2, 0.25) is 0 Å². The van der Waals surface area contributed by atoms with E-state index in [1.54, 1.807) is 18.9 Å². The van der Waals surface area contributed by atoms with Crippen LogP contribution in [0.4, 0.5) is 0 Å². The van der Waals surface area contributed by atoms with E-state index < -0.39 is 11.4 Å². The highest BCUT2D eigenvalue weighted by atomic mass is 16.4. The summed E-state index contributed by atoms with van der Waals surface area (Å²) >= 11 is 0. The maximum Gasteiger partial charge on any atom is 0.311 e. The van der Waals surface area contributed by atoms with E-state index in [0.717, 1.165) is 13.0 Å². The van der Waals surface area contributed by atoms with Gasteiger partial charge in [-0.1, -0.05) is 0 Å². The lowest BCUT2D eigenvalue weighted by atomic mass is 9.81. The number of hydrogen-bond acceptors (Lipinski definition) is 3. The molecule has 2 aliphatic heterocycles. The van der Waals surface area contributed by atoms with Gasteiger partial charge in [0.15, 0.2) is 0 Å². The van der Waals surface area contributed by atoms with Crippen molar-refractivity contribution in [2.75, 3.05) is 26.7 Å². The summed E-state index contributed by atoms with van der Waals surface area (Å²) in [4.78, 5) is 26.2. The standard InChI is InChI=1S/C10H16N2O3/c1-10(9(14)15)5-12(6-10)7-3-4-11(2)8(7)13/h7H,3-6H2,1-2H3,(H,14,15). The Kier molecular flexibility index (Phi) is 2.22. The molecule has 5 nitrogen and oxygen atoms in total. The molecule has 15 heavy (non-hydrogen) atoms. The fourth-order valence-electron chi connectivity index (χ4n) is 2.35. The molecule has 84 valence electrons. The summed E-state index contributed by atoms with van der Waals surface area (Å²) in [6.45, 7) is 3.50. The highest BCUT2D eigenvalue weighted by molar-refractivity contribution is 5.84. The Morgan fingerprint density at radius 3 is 2.53 bits per heavy atom. The van der Waals surface area contributed by atoms with E-state index in [0.29, 0.717) is 13.1 Å². The van der Waals surface area contributed by atoms with Crippen molar-refractivity contribution >= 4 is 11.9 Å². The molecule has 0 radical (unpaired) electrons. The lowest BCUT2D eigenvalue weighted by Crippen LogP contribution is -2.63. The molecule has 2 fully saturated rings. The Morgan fingerprint density at radius 1 is 1.53 bits per heavy atom. The topological polar surface area (TPSA) is 60.9 Å². The first kappa shape index (κ1) is 10.4. The maximum atomic E-state index is 11.7. The van der Waals surface area contributed by atoms with E-state index in [1.807, 2.05) is 4.90 Å². The lowest BCUT2D eigenvalue weighted by molar-refractivity contribution is -0.162. The second kappa shape index (κ2) is 3.20. The van der Waals surface area contributed by atoms with E-state index in [9.17, 15) is 9.59 Å². The normalized spacial score (nSPS) is 30.4. The molecule has 1 amide bonds. The summed E-state index contributed by atoms with van der Waals surface area (Å²) in [6.07, 6.45) is 0.824. The molecule has 0 saturated carbocycles. The van der Waals surface area contributed by atoms with E-state index in [4.69, 9.17) is 5.11 Å². The van der Waals surface area contributed by atoms with E-state index in [2.05, 4.69) is 0 Å². The average Bonchev–Trinajstić information content (AvgIpc) is 2.42. The number of carbonyl (C=O) groups is 2. The van der Waals surface area contributed by atoms with Crippen molar-refractivity contribution in [2.24, 2.45) is 5.41 Å². The Hall–Kier alpha value is -1.10. The van der Waals surface area contributed by atoms with Crippen molar-refractivity contribution in [2.45, 2.75) is 19.4 Å². The van der Waals surface area contributed by atoms with Crippen LogP contribution in [0.15, 0.2) is 0 Å². The van der Waals surface area contributed by atoms with Gasteiger partial charge in [-0.3, -0.25) is 14.5 Å². The molecule has 1 unspecified atom stereocenters. The molecule has 0 aromatic carbocycles. The second-order valence-corrected chi connectivity index (χ2v) is 4.84. The Bertz CT molecular complexity index is 310.